The third-order valence-electron chi connectivity index (χ3n) is 10.6. The van der Waals surface area contributed by atoms with E-state index in [0.29, 0.717) is 22.8 Å². The first-order valence-electron chi connectivity index (χ1n) is 18.2. The van der Waals surface area contributed by atoms with Gasteiger partial charge in [-0.1, -0.05) is 108 Å². The topological polar surface area (TPSA) is 61.4 Å². The Labute approximate surface area is 343 Å². The Balaban J connectivity index is 0.00000436. The maximum Gasteiger partial charge on any atom is 2.00 e. The van der Waals surface area contributed by atoms with Crippen LogP contribution in [0.5, 0.6) is 0 Å². The van der Waals surface area contributed by atoms with Crippen LogP contribution in [0.15, 0.2) is 133 Å². The van der Waals surface area contributed by atoms with Crippen LogP contribution < -0.4 is 0 Å². The van der Waals surface area contributed by atoms with Crippen LogP contribution in [0, 0.1) is 35.9 Å². The molecule has 0 unspecified atom stereocenters. The second kappa shape index (κ2) is 14.1. The summed E-state index contributed by atoms with van der Waals surface area (Å²) in [6, 6.07) is 46.6. The Morgan fingerprint density at radius 1 is 0.466 bits per heavy atom. The Bertz CT molecular complexity index is 2920. The van der Waals surface area contributed by atoms with Gasteiger partial charge in [0.1, 0.15) is 23.8 Å². The molecule has 10 aromatic rings. The van der Waals surface area contributed by atoms with Crippen molar-refractivity contribution in [3.05, 3.63) is 181 Å². The molecule has 0 radical (unpaired) electrons. The molecule has 0 bridgehead atoms. The van der Waals surface area contributed by atoms with Gasteiger partial charge in [-0.25, -0.2) is 17.6 Å². The number of hydrogen-bond donors (Lipinski definition) is 0. The first kappa shape index (κ1) is 37.1. The van der Waals surface area contributed by atoms with Crippen LogP contribution in [-0.4, -0.2) is 29.1 Å². The molecule has 0 fully saturated rings. The summed E-state index contributed by atoms with van der Waals surface area (Å²) in [4.78, 5) is 16.9. The summed E-state index contributed by atoms with van der Waals surface area (Å²) in [6.45, 7) is 3.84. The minimum Gasteiger partial charge on any atom is -0.310 e. The number of rotatable bonds is 6. The van der Waals surface area contributed by atoms with Crippen molar-refractivity contribution in [3.8, 4) is 33.9 Å². The van der Waals surface area contributed by atoms with Crippen LogP contribution in [0.2, 0.25) is 0 Å². The summed E-state index contributed by atoms with van der Waals surface area (Å²) in [5.74, 6) is -4.13. The molecule has 0 saturated heterocycles. The number of nitrogens with zero attached hydrogens (tertiary/aromatic N) is 6. The molecule has 0 amide bonds. The van der Waals surface area contributed by atoms with E-state index in [0.717, 1.165) is 55.7 Å². The van der Waals surface area contributed by atoms with Crippen molar-refractivity contribution in [1.29, 1.82) is 0 Å². The van der Waals surface area contributed by atoms with Crippen LogP contribution in [-0.2, 0) is 26.5 Å². The van der Waals surface area contributed by atoms with Gasteiger partial charge in [0, 0.05) is 49.7 Å². The van der Waals surface area contributed by atoms with E-state index in [-0.39, 0.29) is 43.6 Å². The number of pyridine rings is 4. The molecule has 0 N–H and O–H groups in total. The maximum atomic E-state index is 15.5. The van der Waals surface area contributed by atoms with E-state index in [4.69, 9.17) is 9.97 Å². The Morgan fingerprint density at radius 2 is 0.793 bits per heavy atom. The van der Waals surface area contributed by atoms with Crippen LogP contribution in [0.25, 0.3) is 77.5 Å². The van der Waals surface area contributed by atoms with E-state index in [9.17, 15) is 8.78 Å². The van der Waals surface area contributed by atoms with Gasteiger partial charge in [0.2, 0.25) is 0 Å². The molecule has 4 aromatic carbocycles. The normalized spacial score (nSPS) is 11.8. The summed E-state index contributed by atoms with van der Waals surface area (Å²) in [6.07, 6.45) is 0. The van der Waals surface area contributed by atoms with Crippen molar-refractivity contribution < 1.29 is 38.6 Å². The fraction of sp³-hybridized carbons (Fsp3) is 0.0638. The SMILES string of the molecule is CC(C)(c1cc(-n2c3ccccc3c3ccccc32)cc(-c2[c-]cc(F)nc2F)n1)c1cc(-n2c3ccccc3c3ccccc32)cc(-c2[c-]cc(F)nc2F)n1.[Pt+2]. The van der Waals surface area contributed by atoms with Gasteiger partial charge in [0.25, 0.3) is 0 Å². The summed E-state index contributed by atoms with van der Waals surface area (Å²) in [5.41, 5.74) is 4.91. The molecule has 0 aliphatic heterocycles. The zero-order chi connectivity index (χ0) is 39.0. The molecule has 0 aliphatic carbocycles. The van der Waals surface area contributed by atoms with Gasteiger partial charge in [-0.3, -0.25) is 9.97 Å². The largest absolute Gasteiger partial charge is 2.00 e. The van der Waals surface area contributed by atoms with Crippen molar-refractivity contribution in [2.24, 2.45) is 0 Å². The van der Waals surface area contributed by atoms with Gasteiger partial charge in [0.05, 0.1) is 22.1 Å². The van der Waals surface area contributed by atoms with Crippen LogP contribution in [0.1, 0.15) is 25.2 Å². The van der Waals surface area contributed by atoms with Gasteiger partial charge in [-0.05, 0) is 61.6 Å². The maximum absolute atomic E-state index is 15.5. The molecule has 0 atom stereocenters. The van der Waals surface area contributed by atoms with Crippen molar-refractivity contribution in [3.63, 3.8) is 0 Å². The molecule has 284 valence electrons. The fourth-order valence-electron chi connectivity index (χ4n) is 7.83. The van der Waals surface area contributed by atoms with E-state index in [1.54, 1.807) is 12.1 Å². The smallest absolute Gasteiger partial charge is 0.310 e. The minimum atomic E-state index is -1.07. The molecule has 6 heterocycles. The van der Waals surface area contributed by atoms with E-state index < -0.39 is 29.2 Å². The van der Waals surface area contributed by atoms with Gasteiger partial charge >= 0.3 is 21.1 Å². The van der Waals surface area contributed by atoms with Crippen LogP contribution in [0.4, 0.5) is 17.6 Å². The summed E-state index contributed by atoms with van der Waals surface area (Å²) in [5, 5.41) is 4.07. The van der Waals surface area contributed by atoms with Crippen molar-refractivity contribution in [1.82, 2.24) is 29.1 Å². The quantitative estimate of drug-likeness (QED) is 0.0947. The first-order valence-corrected chi connectivity index (χ1v) is 18.2. The Kier molecular flexibility index (Phi) is 9.05. The summed E-state index contributed by atoms with van der Waals surface area (Å²) >= 11 is 0. The van der Waals surface area contributed by atoms with Crippen molar-refractivity contribution in [2.45, 2.75) is 19.3 Å². The van der Waals surface area contributed by atoms with E-state index in [1.807, 2.05) is 123 Å². The molecule has 10 rings (SSSR count). The van der Waals surface area contributed by atoms with E-state index >= 15 is 8.78 Å². The Hall–Kier alpha value is -6.51. The molecule has 0 aliphatic rings. The monoisotopic (exact) mass is 947 g/mol. The average Bonchev–Trinajstić information content (AvgIpc) is 3.74. The zero-order valence-electron chi connectivity index (χ0n) is 30.7. The van der Waals surface area contributed by atoms with Crippen molar-refractivity contribution >= 4 is 43.6 Å². The third-order valence-corrected chi connectivity index (χ3v) is 10.6. The predicted octanol–water partition coefficient (Wildman–Crippen LogP) is 11.3. The first-order chi connectivity index (χ1) is 27.7. The van der Waals surface area contributed by atoms with Gasteiger partial charge in [-0.15, -0.1) is 12.1 Å². The third kappa shape index (κ3) is 5.98. The van der Waals surface area contributed by atoms with Gasteiger partial charge in [-0.2, -0.15) is 0 Å². The second-order valence-electron chi connectivity index (χ2n) is 14.3. The number of halogens is 4. The van der Waals surface area contributed by atoms with Gasteiger partial charge < -0.3 is 19.1 Å². The zero-order valence-corrected chi connectivity index (χ0v) is 33.0. The number of para-hydroxylation sites is 4. The molecule has 0 saturated carbocycles. The number of fused-ring (bicyclic) bond motifs is 6. The van der Waals surface area contributed by atoms with Crippen molar-refractivity contribution in [2.75, 3.05) is 0 Å². The number of aromatic nitrogens is 6. The number of hydrogen-bond acceptors (Lipinski definition) is 4. The molecule has 6 nitrogen and oxygen atoms in total. The molecular weight excluding hydrogens is 920 g/mol. The second-order valence-corrected chi connectivity index (χ2v) is 14.3. The summed E-state index contributed by atoms with van der Waals surface area (Å²) < 4.78 is 63.4. The average molecular weight is 948 g/mol. The molecule has 6 aromatic heterocycles. The Morgan fingerprint density at radius 3 is 1.12 bits per heavy atom. The predicted molar refractivity (Wildman–Crippen MR) is 213 cm³/mol. The standard InChI is InChI=1S/C47H28F4N6.Pt/c1-47(2,41-25-27(23-35(52-41)33-19-21-43(48)54-45(33)50)56-37-15-7-3-11-29(37)30-12-4-8-16-38(30)56)42-26-28(24-36(53-42)34-20-22-44(49)55-46(34)51)57-39-17-9-5-13-31(39)32-14-6-10-18-40(32)57;/h3-18,21-26H,1-2H3;/q-2;+2. The molecule has 0 spiro atoms. The van der Waals surface area contributed by atoms with E-state index in [2.05, 4.69) is 31.2 Å². The van der Waals surface area contributed by atoms with Gasteiger partial charge in [0.15, 0.2) is 0 Å². The molecular formula is C47H28F4N6Pt. The molecule has 58 heavy (non-hydrogen) atoms. The van der Waals surface area contributed by atoms with Crippen LogP contribution >= 0.6 is 0 Å². The fourth-order valence-corrected chi connectivity index (χ4v) is 7.83. The minimum absolute atomic E-state index is 0. The van der Waals surface area contributed by atoms with E-state index in [1.165, 1.54) is 0 Å². The summed E-state index contributed by atoms with van der Waals surface area (Å²) in [7, 11) is 0. The van der Waals surface area contributed by atoms with Crippen LogP contribution in [0.3, 0.4) is 0 Å². The molecule has 11 heteroatoms. The number of benzene rings is 4.